The molecule has 1 atom stereocenters. The molecule has 0 saturated carbocycles. The van der Waals surface area contributed by atoms with Crippen LogP contribution >= 0.6 is 0 Å². The molecule has 4 heterocycles. The fraction of sp³-hybridized carbons (Fsp3) is 0.611. The van der Waals surface area contributed by atoms with E-state index in [9.17, 15) is 4.79 Å². The number of likely N-dealkylation sites (tertiary alicyclic amines) is 1. The van der Waals surface area contributed by atoms with Crippen molar-refractivity contribution >= 4 is 11.6 Å². The Labute approximate surface area is 141 Å². The first-order valence-electron chi connectivity index (χ1n) is 8.94. The smallest absolute Gasteiger partial charge is 0.251 e. The highest BCUT2D eigenvalue weighted by molar-refractivity contribution is 5.81. The van der Waals surface area contributed by atoms with Crippen LogP contribution in [0.4, 0.5) is 0 Å². The molecule has 1 amide bonds. The maximum absolute atomic E-state index is 12.6. The Morgan fingerprint density at radius 1 is 1.25 bits per heavy atom. The number of carbonyl (C=O) groups excluding carboxylic acids is 1. The van der Waals surface area contributed by atoms with Crippen LogP contribution in [0.25, 0.3) is 5.65 Å². The van der Waals surface area contributed by atoms with E-state index in [2.05, 4.69) is 18.1 Å². The van der Waals surface area contributed by atoms with E-state index in [0.29, 0.717) is 5.92 Å². The van der Waals surface area contributed by atoms with Crippen molar-refractivity contribution in [2.75, 3.05) is 19.7 Å². The molecule has 0 N–H and O–H groups in total. The Balaban J connectivity index is 1.42. The first-order valence-corrected chi connectivity index (χ1v) is 8.94. The zero-order valence-electron chi connectivity index (χ0n) is 14.1. The van der Waals surface area contributed by atoms with Crippen LogP contribution in [0.1, 0.15) is 49.4 Å². The summed E-state index contributed by atoms with van der Waals surface area (Å²) >= 11 is 0. The fourth-order valence-electron chi connectivity index (χ4n) is 3.84. The van der Waals surface area contributed by atoms with Crippen molar-refractivity contribution in [2.45, 2.75) is 51.0 Å². The highest BCUT2D eigenvalue weighted by Gasteiger charge is 2.30. The van der Waals surface area contributed by atoms with Crippen molar-refractivity contribution in [3.8, 4) is 0 Å². The van der Waals surface area contributed by atoms with Crippen molar-refractivity contribution in [2.24, 2.45) is 0 Å². The average Bonchev–Trinajstić information content (AvgIpc) is 3.11. The molecule has 0 aromatic carbocycles. The predicted octanol–water partition coefficient (Wildman–Crippen LogP) is 2.31. The molecular formula is C18H24N4O2. The summed E-state index contributed by atoms with van der Waals surface area (Å²) in [6, 6.07) is 4.07. The summed E-state index contributed by atoms with van der Waals surface area (Å²) in [6.07, 6.45) is 6.56. The second kappa shape index (κ2) is 6.51. The second-order valence-electron chi connectivity index (χ2n) is 6.88. The highest BCUT2D eigenvalue weighted by Crippen LogP contribution is 2.28. The SMILES string of the molecule is Cc1cc(C2CCN(C(=O)C3CCCCO3)CC2)nc2ccnn12. The summed E-state index contributed by atoms with van der Waals surface area (Å²) in [5.41, 5.74) is 3.13. The van der Waals surface area contributed by atoms with E-state index in [0.717, 1.165) is 68.8 Å². The molecule has 6 nitrogen and oxygen atoms in total. The maximum atomic E-state index is 12.6. The van der Waals surface area contributed by atoms with E-state index in [1.807, 2.05) is 15.5 Å². The molecule has 2 aromatic heterocycles. The van der Waals surface area contributed by atoms with Crippen LogP contribution in [0, 0.1) is 6.92 Å². The third-order valence-electron chi connectivity index (χ3n) is 5.24. The van der Waals surface area contributed by atoms with Crippen molar-refractivity contribution < 1.29 is 9.53 Å². The Kier molecular flexibility index (Phi) is 4.22. The Bertz CT molecular complexity index is 728. The topological polar surface area (TPSA) is 59.7 Å². The highest BCUT2D eigenvalue weighted by atomic mass is 16.5. The van der Waals surface area contributed by atoms with Gasteiger partial charge in [0, 0.05) is 43.1 Å². The van der Waals surface area contributed by atoms with Crippen LogP contribution in [0.5, 0.6) is 0 Å². The van der Waals surface area contributed by atoms with Gasteiger partial charge in [0.25, 0.3) is 5.91 Å². The summed E-state index contributed by atoms with van der Waals surface area (Å²) < 4.78 is 7.51. The Morgan fingerprint density at radius 3 is 2.83 bits per heavy atom. The van der Waals surface area contributed by atoms with Gasteiger partial charge in [0.1, 0.15) is 6.10 Å². The van der Waals surface area contributed by atoms with Crippen molar-refractivity contribution in [3.05, 3.63) is 29.7 Å². The van der Waals surface area contributed by atoms with Crippen LogP contribution < -0.4 is 0 Å². The lowest BCUT2D eigenvalue weighted by Crippen LogP contribution is -2.45. The number of carbonyl (C=O) groups is 1. The molecular weight excluding hydrogens is 304 g/mol. The molecule has 0 aliphatic carbocycles. The quantitative estimate of drug-likeness (QED) is 0.849. The van der Waals surface area contributed by atoms with Gasteiger partial charge in [-0.25, -0.2) is 9.50 Å². The molecule has 4 rings (SSSR count). The van der Waals surface area contributed by atoms with Gasteiger partial charge in [0.2, 0.25) is 0 Å². The number of fused-ring (bicyclic) bond motifs is 1. The van der Waals surface area contributed by atoms with E-state index in [-0.39, 0.29) is 12.0 Å². The van der Waals surface area contributed by atoms with Gasteiger partial charge in [-0.2, -0.15) is 5.10 Å². The number of hydrogen-bond donors (Lipinski definition) is 0. The Morgan fingerprint density at radius 2 is 2.08 bits per heavy atom. The number of aromatic nitrogens is 3. The lowest BCUT2D eigenvalue weighted by Gasteiger charge is -2.35. The molecule has 2 fully saturated rings. The number of hydrogen-bond acceptors (Lipinski definition) is 4. The molecule has 1 unspecified atom stereocenters. The van der Waals surface area contributed by atoms with Crippen LogP contribution in [0.2, 0.25) is 0 Å². The summed E-state index contributed by atoms with van der Waals surface area (Å²) in [5, 5.41) is 4.28. The van der Waals surface area contributed by atoms with E-state index in [1.165, 1.54) is 0 Å². The van der Waals surface area contributed by atoms with Crippen LogP contribution in [-0.4, -0.2) is 51.2 Å². The monoisotopic (exact) mass is 328 g/mol. The van der Waals surface area contributed by atoms with Gasteiger partial charge in [-0.3, -0.25) is 4.79 Å². The summed E-state index contributed by atoms with van der Waals surface area (Å²) in [5.74, 6) is 0.600. The third-order valence-corrected chi connectivity index (χ3v) is 5.24. The third kappa shape index (κ3) is 2.90. The molecule has 2 aliphatic rings. The number of amides is 1. The van der Waals surface area contributed by atoms with Gasteiger partial charge in [0.15, 0.2) is 5.65 Å². The molecule has 0 spiro atoms. The van der Waals surface area contributed by atoms with Crippen molar-refractivity contribution in [1.82, 2.24) is 19.5 Å². The fourth-order valence-corrected chi connectivity index (χ4v) is 3.84. The first kappa shape index (κ1) is 15.6. The molecule has 0 bridgehead atoms. The first-order chi connectivity index (χ1) is 11.7. The molecule has 2 aliphatic heterocycles. The summed E-state index contributed by atoms with van der Waals surface area (Å²) in [7, 11) is 0. The van der Waals surface area contributed by atoms with E-state index in [4.69, 9.17) is 9.72 Å². The minimum atomic E-state index is -0.209. The molecule has 2 saturated heterocycles. The number of aryl methyl sites for hydroxylation is 1. The van der Waals surface area contributed by atoms with Gasteiger partial charge in [0.05, 0.1) is 6.20 Å². The van der Waals surface area contributed by atoms with Crippen molar-refractivity contribution in [3.63, 3.8) is 0 Å². The molecule has 128 valence electrons. The summed E-state index contributed by atoms with van der Waals surface area (Å²) in [4.78, 5) is 19.3. The van der Waals surface area contributed by atoms with Gasteiger partial charge >= 0.3 is 0 Å². The molecule has 2 aromatic rings. The van der Waals surface area contributed by atoms with Crippen molar-refractivity contribution in [1.29, 1.82) is 0 Å². The number of nitrogens with zero attached hydrogens (tertiary/aromatic N) is 4. The second-order valence-corrected chi connectivity index (χ2v) is 6.88. The van der Waals surface area contributed by atoms with E-state index >= 15 is 0 Å². The molecule has 0 radical (unpaired) electrons. The minimum Gasteiger partial charge on any atom is -0.368 e. The normalized spacial score (nSPS) is 22.9. The molecule has 24 heavy (non-hydrogen) atoms. The minimum absolute atomic E-state index is 0.184. The van der Waals surface area contributed by atoms with Gasteiger partial charge in [-0.05, 0) is 45.1 Å². The number of piperidine rings is 1. The van der Waals surface area contributed by atoms with Crippen LogP contribution in [-0.2, 0) is 9.53 Å². The average molecular weight is 328 g/mol. The molecule has 6 heteroatoms. The predicted molar refractivity (Wildman–Crippen MR) is 89.9 cm³/mol. The largest absolute Gasteiger partial charge is 0.368 e. The van der Waals surface area contributed by atoms with Crippen LogP contribution in [0.3, 0.4) is 0 Å². The van der Waals surface area contributed by atoms with E-state index in [1.54, 1.807) is 6.20 Å². The zero-order valence-corrected chi connectivity index (χ0v) is 14.1. The number of ether oxygens (including phenoxy) is 1. The van der Waals surface area contributed by atoms with Gasteiger partial charge in [-0.1, -0.05) is 0 Å². The Hall–Kier alpha value is -1.95. The standard InChI is InChI=1S/C18H24N4O2/c1-13-12-15(20-17-5-8-19-22(13)17)14-6-9-21(10-7-14)18(23)16-4-2-3-11-24-16/h5,8,12,14,16H,2-4,6-7,9-11H2,1H3. The van der Waals surface area contributed by atoms with E-state index < -0.39 is 0 Å². The van der Waals surface area contributed by atoms with Gasteiger partial charge < -0.3 is 9.64 Å². The maximum Gasteiger partial charge on any atom is 0.251 e. The lowest BCUT2D eigenvalue weighted by molar-refractivity contribution is -0.147. The van der Waals surface area contributed by atoms with Gasteiger partial charge in [-0.15, -0.1) is 0 Å². The number of rotatable bonds is 2. The summed E-state index contributed by atoms with van der Waals surface area (Å²) in [6.45, 7) is 4.38. The lowest BCUT2D eigenvalue weighted by atomic mass is 9.92. The zero-order chi connectivity index (χ0) is 16.5. The van der Waals surface area contributed by atoms with Crippen LogP contribution in [0.15, 0.2) is 18.3 Å².